The summed E-state index contributed by atoms with van der Waals surface area (Å²) < 4.78 is 0. The highest BCUT2D eigenvalue weighted by molar-refractivity contribution is 5.99. The van der Waals surface area contributed by atoms with Gasteiger partial charge in [-0.15, -0.1) is 0 Å². The zero-order valence-electron chi connectivity index (χ0n) is 10.1. The van der Waals surface area contributed by atoms with Gasteiger partial charge < -0.3 is 0 Å². The van der Waals surface area contributed by atoms with E-state index in [2.05, 4.69) is 0 Å². The molecule has 0 aliphatic carbocycles. The Kier molecular flexibility index (Phi) is 3.57. The second-order valence-electron chi connectivity index (χ2n) is 4.17. The Morgan fingerprint density at radius 2 is 2.22 bits per heavy atom. The van der Waals surface area contributed by atoms with Crippen LogP contribution in [0.2, 0.25) is 0 Å². The van der Waals surface area contributed by atoms with Gasteiger partial charge in [-0.2, -0.15) is 0 Å². The number of aryl methyl sites for hydroxylation is 1. The van der Waals surface area contributed by atoms with Crippen molar-refractivity contribution in [2.45, 2.75) is 19.8 Å². The van der Waals surface area contributed by atoms with E-state index < -0.39 is 10.8 Å². The summed E-state index contributed by atoms with van der Waals surface area (Å²) in [5.41, 5.74) is 0.530. The van der Waals surface area contributed by atoms with Crippen molar-refractivity contribution in [3.8, 4) is 0 Å². The fourth-order valence-electron chi connectivity index (χ4n) is 1.96. The highest BCUT2D eigenvalue weighted by Crippen LogP contribution is 2.24. The molecular weight excluding hydrogens is 236 g/mol. The van der Waals surface area contributed by atoms with Gasteiger partial charge in [-0.1, -0.05) is 12.1 Å². The summed E-state index contributed by atoms with van der Waals surface area (Å²) in [6.45, 7) is 2.64. The van der Waals surface area contributed by atoms with Gasteiger partial charge in [0.1, 0.15) is 5.56 Å². The lowest BCUT2D eigenvalue weighted by atomic mass is 10.1. The molecule has 1 saturated heterocycles. The average molecular weight is 250 g/mol. The number of hydroxylamine groups is 2. The van der Waals surface area contributed by atoms with Crippen LogP contribution in [0.25, 0.3) is 0 Å². The summed E-state index contributed by atoms with van der Waals surface area (Å²) in [6.07, 6.45) is 1.76. The number of benzene rings is 1. The molecule has 2 rings (SSSR count). The molecular formula is C12H14N2O4. The van der Waals surface area contributed by atoms with Crippen LogP contribution in [0.3, 0.4) is 0 Å². The maximum atomic E-state index is 12.2. The minimum absolute atomic E-state index is 0.115. The molecule has 1 aromatic rings. The summed E-state index contributed by atoms with van der Waals surface area (Å²) >= 11 is 0. The first-order valence-corrected chi connectivity index (χ1v) is 5.80. The minimum Gasteiger partial charge on any atom is -0.271 e. The van der Waals surface area contributed by atoms with Crippen LogP contribution in [0.5, 0.6) is 0 Å². The largest absolute Gasteiger partial charge is 0.284 e. The molecule has 96 valence electrons. The summed E-state index contributed by atoms with van der Waals surface area (Å²) in [5.74, 6) is -0.431. The number of hydrogen-bond acceptors (Lipinski definition) is 4. The number of carbonyl (C=O) groups excluding carboxylic acids is 1. The van der Waals surface area contributed by atoms with Crippen LogP contribution >= 0.6 is 0 Å². The third-order valence-electron chi connectivity index (χ3n) is 2.89. The third kappa shape index (κ3) is 2.33. The van der Waals surface area contributed by atoms with E-state index in [1.54, 1.807) is 19.1 Å². The lowest BCUT2D eigenvalue weighted by Crippen LogP contribution is -2.36. The van der Waals surface area contributed by atoms with Gasteiger partial charge in [0, 0.05) is 12.6 Å². The van der Waals surface area contributed by atoms with E-state index in [0.29, 0.717) is 18.7 Å². The second-order valence-corrected chi connectivity index (χ2v) is 4.17. The van der Waals surface area contributed by atoms with Crippen molar-refractivity contribution < 1.29 is 14.6 Å². The van der Waals surface area contributed by atoms with E-state index in [9.17, 15) is 14.9 Å². The van der Waals surface area contributed by atoms with E-state index in [0.717, 1.165) is 12.8 Å². The van der Waals surface area contributed by atoms with Gasteiger partial charge in [0.05, 0.1) is 11.5 Å². The Labute approximate surface area is 104 Å². The number of carbonyl (C=O) groups is 1. The van der Waals surface area contributed by atoms with Crippen LogP contribution in [0, 0.1) is 17.0 Å². The van der Waals surface area contributed by atoms with Crippen molar-refractivity contribution in [2.75, 3.05) is 13.2 Å². The number of amides is 1. The number of nitro groups is 1. The van der Waals surface area contributed by atoms with Crippen molar-refractivity contribution in [1.82, 2.24) is 5.06 Å². The molecule has 18 heavy (non-hydrogen) atoms. The highest BCUT2D eigenvalue weighted by atomic mass is 16.7. The van der Waals surface area contributed by atoms with Crippen LogP contribution < -0.4 is 0 Å². The van der Waals surface area contributed by atoms with Gasteiger partial charge in [0.25, 0.3) is 11.6 Å². The molecule has 1 aliphatic rings. The zero-order chi connectivity index (χ0) is 13.1. The molecule has 0 radical (unpaired) electrons. The maximum absolute atomic E-state index is 12.2. The smallest absolute Gasteiger partial charge is 0.271 e. The summed E-state index contributed by atoms with van der Waals surface area (Å²) in [6, 6.07) is 4.59. The molecule has 0 atom stereocenters. The molecule has 0 spiro atoms. The van der Waals surface area contributed by atoms with E-state index in [1.807, 2.05) is 0 Å². The van der Waals surface area contributed by atoms with Crippen molar-refractivity contribution in [1.29, 1.82) is 0 Å². The van der Waals surface area contributed by atoms with Crippen LogP contribution in [0.4, 0.5) is 5.69 Å². The molecule has 0 N–H and O–H groups in total. The molecule has 6 nitrogen and oxygen atoms in total. The summed E-state index contributed by atoms with van der Waals surface area (Å²) in [4.78, 5) is 27.9. The SMILES string of the molecule is Cc1cccc([N+](=O)[O-])c1C(=O)N1CCCCO1. The van der Waals surface area contributed by atoms with Crippen molar-refractivity contribution >= 4 is 11.6 Å². The van der Waals surface area contributed by atoms with Crippen molar-refractivity contribution in [3.63, 3.8) is 0 Å². The van der Waals surface area contributed by atoms with Gasteiger partial charge in [0.2, 0.25) is 0 Å². The predicted molar refractivity (Wildman–Crippen MR) is 64.1 cm³/mol. The molecule has 0 bridgehead atoms. The number of rotatable bonds is 2. The highest BCUT2D eigenvalue weighted by Gasteiger charge is 2.28. The van der Waals surface area contributed by atoms with Gasteiger partial charge in [0.15, 0.2) is 0 Å². The van der Waals surface area contributed by atoms with Crippen LogP contribution in [0.15, 0.2) is 18.2 Å². The normalized spacial score (nSPS) is 15.5. The number of nitrogens with zero attached hydrogens (tertiary/aromatic N) is 2. The van der Waals surface area contributed by atoms with Crippen molar-refractivity contribution in [2.24, 2.45) is 0 Å². The Morgan fingerprint density at radius 1 is 1.44 bits per heavy atom. The van der Waals surface area contributed by atoms with Gasteiger partial charge >= 0.3 is 0 Å². The first kappa shape index (κ1) is 12.5. The fraction of sp³-hybridized carbons (Fsp3) is 0.417. The minimum atomic E-state index is -0.538. The average Bonchev–Trinajstić information content (AvgIpc) is 2.38. The second kappa shape index (κ2) is 5.14. The zero-order valence-corrected chi connectivity index (χ0v) is 10.1. The monoisotopic (exact) mass is 250 g/mol. The predicted octanol–water partition coefficient (Wildman–Crippen LogP) is 2.07. The molecule has 1 heterocycles. The van der Waals surface area contributed by atoms with E-state index in [4.69, 9.17) is 4.84 Å². The number of nitro benzene ring substituents is 1. The van der Waals surface area contributed by atoms with Gasteiger partial charge in [-0.3, -0.25) is 19.7 Å². The van der Waals surface area contributed by atoms with Gasteiger partial charge in [-0.05, 0) is 25.3 Å². The Hall–Kier alpha value is -1.95. The van der Waals surface area contributed by atoms with Crippen LogP contribution in [-0.4, -0.2) is 29.0 Å². The fourth-order valence-corrected chi connectivity index (χ4v) is 1.96. The molecule has 1 aliphatic heterocycles. The first-order chi connectivity index (χ1) is 8.61. The Balaban J connectivity index is 2.36. The molecule has 1 aromatic carbocycles. The van der Waals surface area contributed by atoms with E-state index >= 15 is 0 Å². The summed E-state index contributed by atoms with van der Waals surface area (Å²) in [7, 11) is 0. The lowest BCUT2D eigenvalue weighted by molar-refractivity contribution is -0.385. The van der Waals surface area contributed by atoms with Crippen LogP contribution in [0.1, 0.15) is 28.8 Å². The van der Waals surface area contributed by atoms with Crippen molar-refractivity contribution in [3.05, 3.63) is 39.4 Å². The standard InChI is InChI=1S/C12H14N2O4/c1-9-5-4-6-10(14(16)17)11(9)12(15)13-7-2-3-8-18-13/h4-6H,2-3,7-8H2,1H3. The first-order valence-electron chi connectivity index (χ1n) is 5.80. The summed E-state index contributed by atoms with van der Waals surface area (Å²) in [5, 5.41) is 12.2. The Bertz CT molecular complexity index is 481. The molecule has 0 saturated carbocycles. The molecule has 6 heteroatoms. The topological polar surface area (TPSA) is 72.7 Å². The molecule has 1 amide bonds. The Morgan fingerprint density at radius 3 is 2.83 bits per heavy atom. The lowest BCUT2D eigenvalue weighted by Gasteiger charge is -2.26. The maximum Gasteiger partial charge on any atom is 0.284 e. The van der Waals surface area contributed by atoms with Gasteiger partial charge in [-0.25, -0.2) is 5.06 Å². The molecule has 0 aromatic heterocycles. The number of hydrogen-bond donors (Lipinski definition) is 0. The van der Waals surface area contributed by atoms with E-state index in [1.165, 1.54) is 11.1 Å². The molecule has 1 fully saturated rings. The third-order valence-corrected chi connectivity index (χ3v) is 2.89. The molecule has 0 unspecified atom stereocenters. The van der Waals surface area contributed by atoms with Crippen LogP contribution in [-0.2, 0) is 4.84 Å². The quantitative estimate of drug-likeness (QED) is 0.595. The van der Waals surface area contributed by atoms with E-state index in [-0.39, 0.29) is 11.3 Å².